The molecule has 0 spiro atoms. The molecule has 0 saturated carbocycles. The van der Waals surface area contributed by atoms with Gasteiger partial charge >= 0.3 is 5.97 Å². The molecular formula is C14H10N4O3. The van der Waals surface area contributed by atoms with Crippen molar-refractivity contribution in [3.63, 3.8) is 0 Å². The Labute approximate surface area is 118 Å². The number of rotatable bonds is 3. The molecule has 0 fully saturated rings. The van der Waals surface area contributed by atoms with E-state index in [0.29, 0.717) is 5.69 Å². The van der Waals surface area contributed by atoms with Crippen LogP contribution in [0.3, 0.4) is 0 Å². The second-order valence-electron chi connectivity index (χ2n) is 4.30. The first-order valence-electron chi connectivity index (χ1n) is 6.08. The number of aromatic amines is 1. The number of nitrogens with one attached hydrogen (secondary N) is 2. The molecule has 1 amide bonds. The molecule has 7 heteroatoms. The minimum atomic E-state index is -1.24. The molecule has 2 heterocycles. The number of carbonyl (C=O) groups is 2. The highest BCUT2D eigenvalue weighted by Gasteiger charge is 2.19. The molecule has 0 saturated heterocycles. The fourth-order valence-corrected chi connectivity index (χ4v) is 1.96. The molecule has 0 bridgehead atoms. The Morgan fingerprint density at radius 3 is 2.81 bits per heavy atom. The van der Waals surface area contributed by atoms with Gasteiger partial charge in [0.05, 0.1) is 23.7 Å². The largest absolute Gasteiger partial charge is 0.477 e. The third-order valence-corrected chi connectivity index (χ3v) is 2.92. The molecule has 0 aliphatic carbocycles. The van der Waals surface area contributed by atoms with Crippen LogP contribution >= 0.6 is 0 Å². The van der Waals surface area contributed by atoms with E-state index < -0.39 is 11.9 Å². The summed E-state index contributed by atoms with van der Waals surface area (Å²) < 4.78 is 0. The summed E-state index contributed by atoms with van der Waals surface area (Å²) in [5.74, 6) is -1.85. The van der Waals surface area contributed by atoms with E-state index in [0.717, 1.165) is 17.2 Å². The van der Waals surface area contributed by atoms with Gasteiger partial charge in [-0.3, -0.25) is 9.78 Å². The van der Waals surface area contributed by atoms with Crippen molar-refractivity contribution in [1.29, 1.82) is 0 Å². The topological polar surface area (TPSA) is 108 Å². The number of fused-ring (bicyclic) bond motifs is 1. The SMILES string of the molecule is O=C(Nc1cnc2ccccc2c1)c1nc[nH]c1C(=O)O. The maximum absolute atomic E-state index is 12.1. The van der Waals surface area contributed by atoms with E-state index in [4.69, 9.17) is 5.11 Å². The highest BCUT2D eigenvalue weighted by molar-refractivity contribution is 6.09. The predicted octanol–water partition coefficient (Wildman–Crippen LogP) is 1.91. The minimum absolute atomic E-state index is 0.171. The third-order valence-electron chi connectivity index (χ3n) is 2.92. The molecule has 3 rings (SSSR count). The lowest BCUT2D eigenvalue weighted by molar-refractivity contribution is 0.0686. The second-order valence-corrected chi connectivity index (χ2v) is 4.30. The number of imidazole rings is 1. The number of H-pyrrole nitrogens is 1. The fraction of sp³-hybridized carbons (Fsp3) is 0. The second kappa shape index (κ2) is 5.04. The monoisotopic (exact) mass is 282 g/mol. The van der Waals surface area contributed by atoms with Crippen molar-refractivity contribution in [2.75, 3.05) is 5.32 Å². The van der Waals surface area contributed by atoms with Gasteiger partial charge in [-0.05, 0) is 12.1 Å². The molecule has 21 heavy (non-hydrogen) atoms. The number of hydrogen-bond acceptors (Lipinski definition) is 4. The lowest BCUT2D eigenvalue weighted by atomic mass is 10.2. The number of aromatic nitrogens is 3. The average molecular weight is 282 g/mol. The van der Waals surface area contributed by atoms with Crippen molar-refractivity contribution < 1.29 is 14.7 Å². The van der Waals surface area contributed by atoms with E-state index in [-0.39, 0.29) is 11.4 Å². The number of carbonyl (C=O) groups excluding carboxylic acids is 1. The van der Waals surface area contributed by atoms with E-state index in [1.54, 1.807) is 6.07 Å². The summed E-state index contributed by atoms with van der Waals surface area (Å²) in [7, 11) is 0. The van der Waals surface area contributed by atoms with Gasteiger partial charge in [-0.2, -0.15) is 0 Å². The van der Waals surface area contributed by atoms with Crippen LogP contribution in [-0.4, -0.2) is 31.9 Å². The summed E-state index contributed by atoms with van der Waals surface area (Å²) in [4.78, 5) is 33.4. The van der Waals surface area contributed by atoms with Crippen LogP contribution in [0.5, 0.6) is 0 Å². The number of carboxylic acid groups (broad SMARTS) is 1. The van der Waals surface area contributed by atoms with Crippen LogP contribution < -0.4 is 5.32 Å². The number of benzene rings is 1. The number of nitrogens with zero attached hydrogens (tertiary/aromatic N) is 2. The summed E-state index contributed by atoms with van der Waals surface area (Å²) in [5, 5.41) is 12.4. The normalized spacial score (nSPS) is 10.5. The minimum Gasteiger partial charge on any atom is -0.477 e. The summed E-state index contributed by atoms with van der Waals surface area (Å²) in [6.07, 6.45) is 2.67. The van der Waals surface area contributed by atoms with E-state index in [9.17, 15) is 9.59 Å². The van der Waals surface area contributed by atoms with Crippen molar-refractivity contribution in [2.45, 2.75) is 0 Å². The zero-order valence-electron chi connectivity index (χ0n) is 10.7. The molecule has 0 atom stereocenters. The summed E-state index contributed by atoms with van der Waals surface area (Å²) in [6, 6.07) is 9.22. The molecule has 0 aliphatic heterocycles. The summed E-state index contributed by atoms with van der Waals surface area (Å²) in [5.41, 5.74) is 0.858. The number of carboxylic acids is 1. The molecule has 0 unspecified atom stereocenters. The number of amides is 1. The molecule has 2 aromatic heterocycles. The van der Waals surface area contributed by atoms with Gasteiger partial charge in [0, 0.05) is 5.39 Å². The maximum Gasteiger partial charge on any atom is 0.354 e. The van der Waals surface area contributed by atoms with Gasteiger partial charge in [0.2, 0.25) is 0 Å². The zero-order chi connectivity index (χ0) is 14.8. The Balaban J connectivity index is 1.89. The molecule has 0 aliphatic rings. The van der Waals surface area contributed by atoms with Crippen molar-refractivity contribution in [1.82, 2.24) is 15.0 Å². The highest BCUT2D eigenvalue weighted by atomic mass is 16.4. The van der Waals surface area contributed by atoms with Crippen molar-refractivity contribution >= 4 is 28.5 Å². The molecule has 104 valence electrons. The number of para-hydroxylation sites is 1. The molecule has 7 nitrogen and oxygen atoms in total. The highest BCUT2D eigenvalue weighted by Crippen LogP contribution is 2.17. The Bertz CT molecular complexity index is 841. The number of anilines is 1. The van der Waals surface area contributed by atoms with E-state index in [1.807, 2.05) is 24.3 Å². The number of hydrogen-bond donors (Lipinski definition) is 3. The number of aromatic carboxylic acids is 1. The molecule has 3 aromatic rings. The first kappa shape index (κ1) is 12.8. The smallest absolute Gasteiger partial charge is 0.354 e. The van der Waals surface area contributed by atoms with Gasteiger partial charge in [0.1, 0.15) is 0 Å². The quantitative estimate of drug-likeness (QED) is 0.680. The third kappa shape index (κ3) is 2.44. The Hall–Kier alpha value is -3.22. The van der Waals surface area contributed by atoms with Gasteiger partial charge in [-0.15, -0.1) is 0 Å². The molecule has 0 radical (unpaired) electrons. The first-order chi connectivity index (χ1) is 10.1. The average Bonchev–Trinajstić information content (AvgIpc) is 2.97. The Morgan fingerprint density at radius 1 is 1.19 bits per heavy atom. The Kier molecular flexibility index (Phi) is 3.07. The van der Waals surface area contributed by atoms with Crippen LogP contribution in [0.1, 0.15) is 21.0 Å². The van der Waals surface area contributed by atoms with Crippen LogP contribution in [0, 0.1) is 0 Å². The van der Waals surface area contributed by atoms with Crippen molar-refractivity contribution in [3.8, 4) is 0 Å². The van der Waals surface area contributed by atoms with Crippen LogP contribution in [0.15, 0.2) is 42.9 Å². The van der Waals surface area contributed by atoms with Gasteiger partial charge < -0.3 is 15.4 Å². The predicted molar refractivity (Wildman–Crippen MR) is 75.2 cm³/mol. The van der Waals surface area contributed by atoms with Crippen LogP contribution in [0.25, 0.3) is 10.9 Å². The lowest BCUT2D eigenvalue weighted by Gasteiger charge is -2.05. The van der Waals surface area contributed by atoms with E-state index in [2.05, 4.69) is 20.3 Å². The van der Waals surface area contributed by atoms with Crippen molar-refractivity contribution in [3.05, 3.63) is 54.2 Å². The van der Waals surface area contributed by atoms with Gasteiger partial charge in [-0.25, -0.2) is 9.78 Å². The van der Waals surface area contributed by atoms with Gasteiger partial charge in [0.15, 0.2) is 11.4 Å². The van der Waals surface area contributed by atoms with E-state index >= 15 is 0 Å². The lowest BCUT2D eigenvalue weighted by Crippen LogP contribution is -2.16. The maximum atomic E-state index is 12.1. The van der Waals surface area contributed by atoms with Gasteiger partial charge in [0.25, 0.3) is 5.91 Å². The zero-order valence-corrected chi connectivity index (χ0v) is 10.7. The van der Waals surface area contributed by atoms with Gasteiger partial charge in [-0.1, -0.05) is 18.2 Å². The fourth-order valence-electron chi connectivity index (χ4n) is 1.96. The van der Waals surface area contributed by atoms with E-state index in [1.165, 1.54) is 6.20 Å². The van der Waals surface area contributed by atoms with Crippen LogP contribution in [0.4, 0.5) is 5.69 Å². The molecule has 3 N–H and O–H groups in total. The van der Waals surface area contributed by atoms with Crippen molar-refractivity contribution in [2.24, 2.45) is 0 Å². The molecule has 1 aromatic carbocycles. The standard InChI is InChI=1S/C14H10N4O3/c19-13(11-12(14(20)21)17-7-16-11)18-9-5-8-3-1-2-4-10(8)15-6-9/h1-7H,(H,16,17)(H,18,19)(H,20,21). The number of pyridine rings is 1. The molecular weight excluding hydrogens is 272 g/mol. The Morgan fingerprint density at radius 2 is 2.00 bits per heavy atom. The van der Waals surface area contributed by atoms with Crippen LogP contribution in [0.2, 0.25) is 0 Å². The summed E-state index contributed by atoms with van der Waals surface area (Å²) in [6.45, 7) is 0. The first-order valence-corrected chi connectivity index (χ1v) is 6.08. The van der Waals surface area contributed by atoms with Crippen LogP contribution in [-0.2, 0) is 0 Å². The summed E-state index contributed by atoms with van der Waals surface area (Å²) >= 11 is 0.